The minimum atomic E-state index is -0.694. The summed E-state index contributed by atoms with van der Waals surface area (Å²) in [4.78, 5) is 16.7. The molecule has 2 N–H and O–H groups in total. The fourth-order valence-electron chi connectivity index (χ4n) is 2.62. The number of rotatable bonds is 3. The molecule has 0 radical (unpaired) electrons. The molecule has 0 spiro atoms. The topological polar surface area (TPSA) is 70.7 Å². The van der Waals surface area contributed by atoms with Gasteiger partial charge in [-0.05, 0) is 24.3 Å². The van der Waals surface area contributed by atoms with Gasteiger partial charge in [0.2, 0.25) is 0 Å². The molecule has 26 heavy (non-hydrogen) atoms. The highest BCUT2D eigenvalue weighted by molar-refractivity contribution is 6.03. The second kappa shape index (κ2) is 6.36. The Kier molecular flexibility index (Phi) is 3.89. The van der Waals surface area contributed by atoms with Crippen LogP contribution in [-0.4, -0.2) is 21.1 Å². The third-order valence-corrected chi connectivity index (χ3v) is 3.82. The summed E-state index contributed by atoms with van der Waals surface area (Å²) in [5.41, 5.74) is 1.62. The van der Waals surface area contributed by atoms with Crippen LogP contribution < -0.4 is 5.32 Å². The third kappa shape index (κ3) is 3.14. The minimum absolute atomic E-state index is 0.227. The van der Waals surface area contributed by atoms with Gasteiger partial charge in [-0.15, -0.1) is 0 Å². The first-order valence-electron chi connectivity index (χ1n) is 7.77. The van der Waals surface area contributed by atoms with Crippen molar-refractivity contribution in [2.75, 3.05) is 5.32 Å². The summed E-state index contributed by atoms with van der Waals surface area (Å²) in [6, 6.07) is 15.5. The molecular formula is C19H12F2N4O. The van der Waals surface area contributed by atoms with Crippen LogP contribution in [0.1, 0.15) is 10.5 Å². The number of H-pyrrole nitrogens is 1. The second-order valence-electron chi connectivity index (χ2n) is 5.67. The molecule has 0 saturated carbocycles. The zero-order chi connectivity index (χ0) is 18.1. The van der Waals surface area contributed by atoms with Gasteiger partial charge in [-0.3, -0.25) is 9.89 Å². The average Bonchev–Trinajstić information content (AvgIpc) is 3.09. The molecular weight excluding hydrogens is 338 g/mol. The van der Waals surface area contributed by atoms with E-state index in [0.29, 0.717) is 16.8 Å². The van der Waals surface area contributed by atoms with Gasteiger partial charge in [0, 0.05) is 23.1 Å². The van der Waals surface area contributed by atoms with Gasteiger partial charge in [-0.25, -0.2) is 13.8 Å². The van der Waals surface area contributed by atoms with Gasteiger partial charge < -0.3 is 5.32 Å². The molecule has 2 aromatic heterocycles. The van der Waals surface area contributed by atoms with Crippen LogP contribution in [0.4, 0.5) is 14.6 Å². The van der Waals surface area contributed by atoms with Crippen LogP contribution in [0.3, 0.4) is 0 Å². The highest BCUT2D eigenvalue weighted by Gasteiger charge is 2.12. The number of nitrogens with one attached hydrogen (secondary N) is 2. The van der Waals surface area contributed by atoms with Gasteiger partial charge in [-0.2, -0.15) is 5.10 Å². The summed E-state index contributed by atoms with van der Waals surface area (Å²) in [5, 5.41) is 10.1. The van der Waals surface area contributed by atoms with Gasteiger partial charge in [-0.1, -0.05) is 24.3 Å². The average molecular weight is 350 g/mol. The molecule has 7 heteroatoms. The Balaban J connectivity index is 1.57. The molecule has 0 atom stereocenters. The zero-order valence-electron chi connectivity index (χ0n) is 13.3. The number of para-hydroxylation sites is 1. The number of nitrogens with zero attached hydrogens (tertiary/aromatic N) is 2. The van der Waals surface area contributed by atoms with Crippen molar-refractivity contribution >= 4 is 22.6 Å². The van der Waals surface area contributed by atoms with E-state index < -0.39 is 17.5 Å². The molecule has 5 nitrogen and oxygen atoms in total. The molecule has 128 valence electrons. The third-order valence-electron chi connectivity index (χ3n) is 3.82. The SMILES string of the molecule is O=C(Nc1cc(-c2cc(F)cc(F)c2)[nH]n1)c1ccc2ccccc2n1. The van der Waals surface area contributed by atoms with Crippen molar-refractivity contribution in [2.24, 2.45) is 0 Å². The lowest BCUT2D eigenvalue weighted by Crippen LogP contribution is -2.13. The van der Waals surface area contributed by atoms with E-state index in [0.717, 1.165) is 11.5 Å². The number of anilines is 1. The number of hydrogen-bond donors (Lipinski definition) is 2. The number of hydrogen-bond acceptors (Lipinski definition) is 3. The summed E-state index contributed by atoms with van der Waals surface area (Å²) in [6.07, 6.45) is 0. The first-order valence-corrected chi connectivity index (χ1v) is 7.77. The van der Waals surface area contributed by atoms with Crippen LogP contribution in [0.5, 0.6) is 0 Å². The van der Waals surface area contributed by atoms with Crippen molar-refractivity contribution < 1.29 is 13.6 Å². The first-order chi connectivity index (χ1) is 12.6. The summed E-state index contributed by atoms with van der Waals surface area (Å²) in [5.74, 6) is -1.59. The second-order valence-corrected chi connectivity index (χ2v) is 5.67. The molecule has 0 aliphatic rings. The number of benzene rings is 2. The van der Waals surface area contributed by atoms with E-state index in [9.17, 15) is 13.6 Å². The van der Waals surface area contributed by atoms with Crippen molar-refractivity contribution in [3.05, 3.63) is 78.0 Å². The highest BCUT2D eigenvalue weighted by atomic mass is 19.1. The smallest absolute Gasteiger partial charge is 0.275 e. The van der Waals surface area contributed by atoms with Crippen LogP contribution in [0, 0.1) is 11.6 Å². The van der Waals surface area contributed by atoms with Crippen molar-refractivity contribution in [2.45, 2.75) is 0 Å². The molecule has 4 aromatic rings. The number of carbonyl (C=O) groups excluding carboxylic acids is 1. The van der Waals surface area contributed by atoms with Gasteiger partial charge in [0.1, 0.15) is 17.3 Å². The van der Waals surface area contributed by atoms with Crippen molar-refractivity contribution in [3.63, 3.8) is 0 Å². The van der Waals surface area contributed by atoms with E-state index in [2.05, 4.69) is 20.5 Å². The van der Waals surface area contributed by atoms with Crippen LogP contribution in [0.15, 0.2) is 60.7 Å². The summed E-state index contributed by atoms with van der Waals surface area (Å²) in [6.45, 7) is 0. The Bertz CT molecular complexity index is 1100. The highest BCUT2D eigenvalue weighted by Crippen LogP contribution is 2.22. The van der Waals surface area contributed by atoms with E-state index in [1.807, 2.05) is 30.3 Å². The maximum absolute atomic E-state index is 13.3. The maximum atomic E-state index is 13.3. The lowest BCUT2D eigenvalue weighted by Gasteiger charge is -2.03. The predicted octanol–water partition coefficient (Wildman–Crippen LogP) is 4.16. The van der Waals surface area contributed by atoms with E-state index in [1.54, 1.807) is 6.07 Å². The number of halogens is 2. The lowest BCUT2D eigenvalue weighted by molar-refractivity contribution is 0.102. The lowest BCUT2D eigenvalue weighted by atomic mass is 10.1. The van der Waals surface area contributed by atoms with Crippen molar-refractivity contribution in [1.29, 1.82) is 0 Å². The first kappa shape index (κ1) is 15.9. The van der Waals surface area contributed by atoms with E-state index in [-0.39, 0.29) is 11.5 Å². The summed E-state index contributed by atoms with van der Waals surface area (Å²) >= 11 is 0. The molecule has 0 fully saturated rings. The number of pyridine rings is 1. The number of aromatic nitrogens is 3. The molecule has 0 aliphatic heterocycles. The molecule has 0 unspecified atom stereocenters. The molecule has 2 heterocycles. The Hall–Kier alpha value is -3.61. The monoisotopic (exact) mass is 350 g/mol. The molecule has 0 bridgehead atoms. The number of fused-ring (bicyclic) bond motifs is 1. The van der Waals surface area contributed by atoms with Crippen LogP contribution >= 0.6 is 0 Å². The molecule has 2 aromatic carbocycles. The Morgan fingerprint density at radius 1 is 0.962 bits per heavy atom. The van der Waals surface area contributed by atoms with Crippen LogP contribution in [-0.2, 0) is 0 Å². The summed E-state index contributed by atoms with van der Waals surface area (Å²) in [7, 11) is 0. The summed E-state index contributed by atoms with van der Waals surface area (Å²) < 4.78 is 26.7. The molecule has 0 aliphatic carbocycles. The fourth-order valence-corrected chi connectivity index (χ4v) is 2.62. The number of carbonyl (C=O) groups is 1. The van der Waals surface area contributed by atoms with Crippen molar-refractivity contribution in [1.82, 2.24) is 15.2 Å². The van der Waals surface area contributed by atoms with E-state index in [4.69, 9.17) is 0 Å². The van der Waals surface area contributed by atoms with Gasteiger partial charge in [0.05, 0.1) is 11.2 Å². The fraction of sp³-hybridized carbons (Fsp3) is 0. The van der Waals surface area contributed by atoms with Crippen LogP contribution in [0.2, 0.25) is 0 Å². The van der Waals surface area contributed by atoms with Crippen LogP contribution in [0.25, 0.3) is 22.2 Å². The van der Waals surface area contributed by atoms with Gasteiger partial charge in [0.25, 0.3) is 5.91 Å². The largest absolute Gasteiger partial charge is 0.304 e. The standard InChI is InChI=1S/C19H12F2N4O/c20-13-7-12(8-14(21)9-13)17-10-18(25-24-17)23-19(26)16-6-5-11-3-1-2-4-15(11)22-16/h1-10H,(H2,23,24,25,26). The van der Waals surface area contributed by atoms with E-state index >= 15 is 0 Å². The van der Waals surface area contributed by atoms with Crippen molar-refractivity contribution in [3.8, 4) is 11.3 Å². The van der Waals surface area contributed by atoms with E-state index in [1.165, 1.54) is 18.2 Å². The number of aromatic amines is 1. The quantitative estimate of drug-likeness (QED) is 0.583. The Morgan fingerprint density at radius 2 is 1.73 bits per heavy atom. The van der Waals surface area contributed by atoms with Gasteiger partial charge >= 0.3 is 0 Å². The van der Waals surface area contributed by atoms with Gasteiger partial charge in [0.15, 0.2) is 5.82 Å². The maximum Gasteiger partial charge on any atom is 0.275 e. The predicted molar refractivity (Wildman–Crippen MR) is 93.6 cm³/mol. The minimum Gasteiger partial charge on any atom is -0.304 e. The molecule has 0 saturated heterocycles. The Labute approximate surface area is 146 Å². The normalized spacial score (nSPS) is 10.8. The zero-order valence-corrected chi connectivity index (χ0v) is 13.3. The number of amides is 1. The Morgan fingerprint density at radius 3 is 2.54 bits per heavy atom. The molecule has 4 rings (SSSR count). The molecule has 1 amide bonds.